The highest BCUT2D eigenvalue weighted by Gasteiger charge is 2.10. The van der Waals surface area contributed by atoms with Crippen LogP contribution in [0.2, 0.25) is 0 Å². The summed E-state index contributed by atoms with van der Waals surface area (Å²) in [6.07, 6.45) is 8.32. The number of halogens is 1. The average Bonchev–Trinajstić information content (AvgIpc) is 2.85. The number of carbonyl (C=O) groups is 1. The molecule has 1 aromatic heterocycles. The number of Topliss-reactive ketones (excluding diaryl/α,β-unsaturated/α-hetero) is 1. The van der Waals surface area contributed by atoms with Crippen LogP contribution in [-0.2, 0) is 13.1 Å². The van der Waals surface area contributed by atoms with Crippen LogP contribution >= 0.6 is 0 Å². The second kappa shape index (κ2) is 7.74. The number of hydrogen-bond donors (Lipinski definition) is 0. The van der Waals surface area contributed by atoms with Crippen molar-refractivity contribution in [2.24, 2.45) is 0 Å². The van der Waals surface area contributed by atoms with E-state index in [4.69, 9.17) is 0 Å². The molecule has 3 nitrogen and oxygen atoms in total. The Hall–Kier alpha value is -1.61. The van der Waals surface area contributed by atoms with Crippen LogP contribution in [0.15, 0.2) is 49.1 Å². The van der Waals surface area contributed by atoms with E-state index in [9.17, 15) is 4.79 Å². The number of ketones is 1. The van der Waals surface area contributed by atoms with E-state index in [0.717, 1.165) is 12.1 Å². The van der Waals surface area contributed by atoms with Crippen molar-refractivity contribution in [3.05, 3.63) is 54.6 Å². The predicted molar refractivity (Wildman–Crippen MR) is 70.3 cm³/mol. The third-order valence-corrected chi connectivity index (χ3v) is 2.94. The molecule has 0 saturated heterocycles. The van der Waals surface area contributed by atoms with Gasteiger partial charge >= 0.3 is 0 Å². The summed E-state index contributed by atoms with van der Waals surface area (Å²) in [5.74, 6) is 0.147. The smallest absolute Gasteiger partial charge is 0.244 e. The Labute approximate surface area is 120 Å². The summed E-state index contributed by atoms with van der Waals surface area (Å²) in [6, 6.07) is 9.42. The molecule has 0 radical (unpaired) electrons. The van der Waals surface area contributed by atoms with Crippen molar-refractivity contribution in [3.8, 4) is 0 Å². The summed E-state index contributed by atoms with van der Waals surface area (Å²) in [5, 5.41) is 0. The fourth-order valence-corrected chi connectivity index (χ4v) is 1.89. The number of unbranched alkanes of at least 4 members (excludes halogenated alkanes) is 1. The Morgan fingerprint density at radius 2 is 2.00 bits per heavy atom. The molecule has 0 atom stereocenters. The van der Waals surface area contributed by atoms with Gasteiger partial charge in [0.05, 0.1) is 6.54 Å². The Balaban J connectivity index is 0.00000180. The predicted octanol–water partition coefficient (Wildman–Crippen LogP) is -0.537. The molecule has 0 aliphatic carbocycles. The van der Waals surface area contributed by atoms with Crippen LogP contribution in [0.25, 0.3) is 0 Å². The number of rotatable bonds is 6. The highest BCUT2D eigenvalue weighted by molar-refractivity contribution is 5.94. The van der Waals surface area contributed by atoms with Crippen molar-refractivity contribution in [1.82, 2.24) is 4.57 Å². The van der Waals surface area contributed by atoms with E-state index in [1.807, 2.05) is 53.6 Å². The first kappa shape index (κ1) is 15.4. The standard InChI is InChI=1S/C15H19N2O.ClH/c1-2-3-9-16-10-11-17(13-16)12-15(18)14-7-5-4-6-8-14;/h4-8,10-11,13H,2-3,9,12H2,1H3;1H/q+1;/p-1. The molecule has 0 aliphatic rings. The first-order valence-electron chi connectivity index (χ1n) is 6.42. The van der Waals surface area contributed by atoms with Crippen molar-refractivity contribution < 1.29 is 21.8 Å². The van der Waals surface area contributed by atoms with Crippen LogP contribution in [-0.4, -0.2) is 10.4 Å². The van der Waals surface area contributed by atoms with Crippen LogP contribution in [0, 0.1) is 0 Å². The maximum Gasteiger partial charge on any atom is 0.244 e. The van der Waals surface area contributed by atoms with E-state index in [1.54, 1.807) is 0 Å². The Bertz CT molecular complexity index is 508. The minimum absolute atomic E-state index is 0. The third-order valence-electron chi connectivity index (χ3n) is 2.94. The lowest BCUT2D eigenvalue weighted by molar-refractivity contribution is -0.682. The SMILES string of the molecule is CCCCn1cc[n+](CC(=O)c2ccccc2)c1.[Cl-]. The molecule has 102 valence electrons. The molecule has 0 fully saturated rings. The minimum atomic E-state index is 0. The van der Waals surface area contributed by atoms with Gasteiger partial charge in [0, 0.05) is 5.56 Å². The summed E-state index contributed by atoms with van der Waals surface area (Å²) in [7, 11) is 0. The van der Waals surface area contributed by atoms with Gasteiger partial charge in [-0.15, -0.1) is 0 Å². The number of hydrogen-bond acceptors (Lipinski definition) is 1. The lowest BCUT2D eigenvalue weighted by Crippen LogP contribution is -3.00. The first-order valence-corrected chi connectivity index (χ1v) is 6.42. The Kier molecular flexibility index (Phi) is 6.30. The molecular formula is C15H19ClN2O. The lowest BCUT2D eigenvalue weighted by atomic mass is 10.1. The van der Waals surface area contributed by atoms with Crippen LogP contribution in [0.1, 0.15) is 30.1 Å². The van der Waals surface area contributed by atoms with Gasteiger partial charge in [0.25, 0.3) is 0 Å². The largest absolute Gasteiger partial charge is 1.00 e. The van der Waals surface area contributed by atoms with Gasteiger partial charge in [0.15, 0.2) is 6.54 Å². The molecule has 0 bridgehead atoms. The zero-order valence-corrected chi connectivity index (χ0v) is 11.9. The molecule has 2 aromatic rings. The minimum Gasteiger partial charge on any atom is -1.00 e. The molecule has 0 unspecified atom stereocenters. The normalized spacial score (nSPS) is 9.95. The van der Waals surface area contributed by atoms with Gasteiger partial charge < -0.3 is 12.4 Å². The molecule has 0 aliphatic heterocycles. The van der Waals surface area contributed by atoms with Crippen molar-refractivity contribution in [2.45, 2.75) is 32.9 Å². The van der Waals surface area contributed by atoms with Gasteiger partial charge in [-0.3, -0.25) is 4.79 Å². The second-order valence-electron chi connectivity index (χ2n) is 4.47. The van der Waals surface area contributed by atoms with E-state index in [-0.39, 0.29) is 18.2 Å². The maximum atomic E-state index is 12.0. The molecule has 2 rings (SSSR count). The van der Waals surface area contributed by atoms with Gasteiger partial charge in [-0.25, -0.2) is 9.13 Å². The van der Waals surface area contributed by atoms with Gasteiger partial charge in [-0.2, -0.15) is 0 Å². The van der Waals surface area contributed by atoms with E-state index >= 15 is 0 Å². The first-order chi connectivity index (χ1) is 8.79. The van der Waals surface area contributed by atoms with Gasteiger partial charge in [-0.1, -0.05) is 43.7 Å². The quantitative estimate of drug-likeness (QED) is 0.515. The van der Waals surface area contributed by atoms with Crippen LogP contribution in [0.5, 0.6) is 0 Å². The monoisotopic (exact) mass is 278 g/mol. The summed E-state index contributed by atoms with van der Waals surface area (Å²) >= 11 is 0. The van der Waals surface area contributed by atoms with Crippen molar-refractivity contribution >= 4 is 5.78 Å². The number of benzene rings is 1. The average molecular weight is 279 g/mol. The molecule has 19 heavy (non-hydrogen) atoms. The second-order valence-corrected chi connectivity index (χ2v) is 4.47. The fourth-order valence-electron chi connectivity index (χ4n) is 1.89. The number of aromatic nitrogens is 2. The van der Waals surface area contributed by atoms with Crippen molar-refractivity contribution in [2.75, 3.05) is 0 Å². The van der Waals surface area contributed by atoms with Gasteiger partial charge in [0.2, 0.25) is 12.1 Å². The van der Waals surface area contributed by atoms with E-state index in [1.165, 1.54) is 12.8 Å². The molecule has 1 aromatic carbocycles. The number of carbonyl (C=O) groups excluding carboxylic acids is 1. The molecule has 4 heteroatoms. The number of imidazole rings is 1. The number of aryl methyl sites for hydroxylation is 1. The lowest BCUT2D eigenvalue weighted by Gasteiger charge is -1.97. The molecule has 0 spiro atoms. The van der Waals surface area contributed by atoms with Crippen LogP contribution in [0.4, 0.5) is 0 Å². The van der Waals surface area contributed by atoms with E-state index in [2.05, 4.69) is 11.5 Å². The van der Waals surface area contributed by atoms with Crippen molar-refractivity contribution in [1.29, 1.82) is 0 Å². The molecule has 0 saturated carbocycles. The van der Waals surface area contributed by atoms with E-state index < -0.39 is 0 Å². The molecule has 0 amide bonds. The molecule has 0 N–H and O–H groups in total. The fraction of sp³-hybridized carbons (Fsp3) is 0.333. The molecule has 1 heterocycles. The van der Waals surface area contributed by atoms with Crippen molar-refractivity contribution in [3.63, 3.8) is 0 Å². The van der Waals surface area contributed by atoms with Crippen LogP contribution < -0.4 is 17.0 Å². The van der Waals surface area contributed by atoms with Gasteiger partial charge in [-0.05, 0) is 6.42 Å². The summed E-state index contributed by atoms with van der Waals surface area (Å²) in [6.45, 7) is 3.60. The molecular weight excluding hydrogens is 260 g/mol. The van der Waals surface area contributed by atoms with Gasteiger partial charge in [0.1, 0.15) is 12.4 Å². The zero-order valence-electron chi connectivity index (χ0n) is 11.1. The Morgan fingerprint density at radius 3 is 2.68 bits per heavy atom. The highest BCUT2D eigenvalue weighted by Crippen LogP contribution is 2.00. The summed E-state index contributed by atoms with van der Waals surface area (Å²) in [5.41, 5.74) is 0.770. The van der Waals surface area contributed by atoms with E-state index in [0.29, 0.717) is 6.54 Å². The summed E-state index contributed by atoms with van der Waals surface area (Å²) in [4.78, 5) is 12.0. The Morgan fingerprint density at radius 1 is 1.26 bits per heavy atom. The zero-order chi connectivity index (χ0) is 12.8. The maximum absolute atomic E-state index is 12.0. The number of nitrogens with zero attached hydrogens (tertiary/aromatic N) is 2. The summed E-state index contributed by atoms with van der Waals surface area (Å²) < 4.78 is 4.06. The third kappa shape index (κ3) is 4.52. The highest BCUT2D eigenvalue weighted by atomic mass is 35.5. The van der Waals surface area contributed by atoms with Crippen LogP contribution in [0.3, 0.4) is 0 Å². The topological polar surface area (TPSA) is 25.9 Å².